The van der Waals surface area contributed by atoms with Gasteiger partial charge in [0.2, 0.25) is 0 Å². The van der Waals surface area contributed by atoms with Crippen molar-refractivity contribution in [3.8, 4) is 22.5 Å². The van der Waals surface area contributed by atoms with Crippen LogP contribution in [0.4, 0.5) is 0 Å². The molecule has 0 saturated heterocycles. The van der Waals surface area contributed by atoms with Crippen molar-refractivity contribution < 1.29 is 9.84 Å². The van der Waals surface area contributed by atoms with Crippen LogP contribution in [-0.2, 0) is 17.8 Å². The SMILES string of the molecule is CCn1ccc2ccc(-c3c(-c4ccccc4)ncn3C[C@@H](O)COC)cc21. The van der Waals surface area contributed by atoms with Gasteiger partial charge in [0.25, 0.3) is 0 Å². The highest BCUT2D eigenvalue weighted by Gasteiger charge is 2.18. The van der Waals surface area contributed by atoms with Crippen LogP contribution in [-0.4, -0.2) is 39.0 Å². The minimum Gasteiger partial charge on any atom is -0.389 e. The van der Waals surface area contributed by atoms with E-state index in [1.807, 2.05) is 22.8 Å². The second-order valence-electron chi connectivity index (χ2n) is 6.94. The molecule has 0 fully saturated rings. The van der Waals surface area contributed by atoms with E-state index in [1.165, 1.54) is 10.9 Å². The molecule has 0 amide bonds. The Morgan fingerprint density at radius 2 is 1.86 bits per heavy atom. The van der Waals surface area contributed by atoms with Crippen molar-refractivity contribution in [2.24, 2.45) is 0 Å². The van der Waals surface area contributed by atoms with Gasteiger partial charge in [-0.1, -0.05) is 42.5 Å². The van der Waals surface area contributed by atoms with Gasteiger partial charge in [0.05, 0.1) is 37.0 Å². The maximum atomic E-state index is 10.3. The third kappa shape index (κ3) is 3.46. The Kier molecular flexibility index (Phi) is 5.28. The zero-order valence-electron chi connectivity index (χ0n) is 16.2. The molecule has 0 aliphatic heterocycles. The molecule has 0 saturated carbocycles. The molecular formula is C23H25N3O2. The summed E-state index contributed by atoms with van der Waals surface area (Å²) >= 11 is 0. The van der Waals surface area contributed by atoms with E-state index < -0.39 is 6.10 Å². The number of aliphatic hydroxyl groups excluding tert-OH is 1. The topological polar surface area (TPSA) is 52.2 Å². The van der Waals surface area contributed by atoms with E-state index in [0.717, 1.165) is 29.1 Å². The zero-order chi connectivity index (χ0) is 19.5. The molecule has 0 bridgehead atoms. The highest BCUT2D eigenvalue weighted by atomic mass is 16.5. The molecule has 0 aliphatic carbocycles. The quantitative estimate of drug-likeness (QED) is 0.527. The molecular weight excluding hydrogens is 350 g/mol. The Balaban J connectivity index is 1.86. The summed E-state index contributed by atoms with van der Waals surface area (Å²) in [5.41, 5.74) is 5.26. The molecule has 4 rings (SSSR count). The van der Waals surface area contributed by atoms with Crippen molar-refractivity contribution in [2.45, 2.75) is 26.1 Å². The number of ether oxygens (including phenoxy) is 1. The minimum atomic E-state index is -0.593. The van der Waals surface area contributed by atoms with Crippen molar-refractivity contribution in [2.75, 3.05) is 13.7 Å². The highest BCUT2D eigenvalue weighted by molar-refractivity contribution is 5.88. The van der Waals surface area contributed by atoms with E-state index in [9.17, 15) is 5.11 Å². The molecule has 0 aliphatic rings. The number of aliphatic hydroxyl groups is 1. The Morgan fingerprint density at radius 1 is 1.04 bits per heavy atom. The molecule has 5 nitrogen and oxygen atoms in total. The standard InChI is InChI=1S/C23H25N3O2/c1-3-25-12-11-17-9-10-19(13-21(17)25)23-22(18-7-5-4-6-8-18)24-16-26(23)14-20(27)15-28-2/h4-13,16,20,27H,3,14-15H2,1-2H3/t20-/m1/s1. The molecule has 0 spiro atoms. The molecule has 1 N–H and O–H groups in total. The van der Waals surface area contributed by atoms with Crippen molar-refractivity contribution in [1.82, 2.24) is 14.1 Å². The van der Waals surface area contributed by atoms with Crippen LogP contribution in [0.25, 0.3) is 33.4 Å². The Morgan fingerprint density at radius 3 is 2.61 bits per heavy atom. The third-order valence-electron chi connectivity index (χ3n) is 5.04. The predicted molar refractivity (Wildman–Crippen MR) is 112 cm³/mol. The Bertz CT molecular complexity index is 1070. The average molecular weight is 375 g/mol. The number of imidazole rings is 1. The van der Waals surface area contributed by atoms with Crippen LogP contribution in [0, 0.1) is 0 Å². The Labute approximate surface area is 164 Å². The van der Waals surface area contributed by atoms with Crippen LogP contribution in [0.15, 0.2) is 67.1 Å². The second-order valence-corrected chi connectivity index (χ2v) is 6.94. The Hall–Kier alpha value is -2.89. The van der Waals surface area contributed by atoms with E-state index in [2.05, 4.69) is 54.1 Å². The van der Waals surface area contributed by atoms with Gasteiger partial charge in [0, 0.05) is 36.5 Å². The van der Waals surface area contributed by atoms with Crippen LogP contribution in [0.5, 0.6) is 0 Å². The summed E-state index contributed by atoms with van der Waals surface area (Å²) in [6.45, 7) is 3.78. The van der Waals surface area contributed by atoms with E-state index in [1.54, 1.807) is 13.4 Å². The van der Waals surface area contributed by atoms with Gasteiger partial charge in [0.1, 0.15) is 0 Å². The average Bonchev–Trinajstić information content (AvgIpc) is 3.32. The number of fused-ring (bicyclic) bond motifs is 1. The van der Waals surface area contributed by atoms with Gasteiger partial charge in [-0.2, -0.15) is 0 Å². The lowest BCUT2D eigenvalue weighted by Gasteiger charge is -2.15. The number of hydrogen-bond acceptors (Lipinski definition) is 3. The van der Waals surface area contributed by atoms with E-state index in [-0.39, 0.29) is 6.61 Å². The van der Waals surface area contributed by atoms with Gasteiger partial charge in [-0.05, 0) is 24.4 Å². The molecule has 1 atom stereocenters. The number of rotatable bonds is 7. The van der Waals surface area contributed by atoms with Gasteiger partial charge < -0.3 is 19.0 Å². The third-order valence-corrected chi connectivity index (χ3v) is 5.04. The summed E-state index contributed by atoms with van der Waals surface area (Å²) in [5.74, 6) is 0. The number of benzene rings is 2. The lowest BCUT2D eigenvalue weighted by Crippen LogP contribution is -2.21. The number of methoxy groups -OCH3 is 1. The summed E-state index contributed by atoms with van der Waals surface area (Å²) < 4.78 is 9.36. The fourth-order valence-corrected chi connectivity index (χ4v) is 3.71. The largest absolute Gasteiger partial charge is 0.389 e. The van der Waals surface area contributed by atoms with E-state index in [4.69, 9.17) is 9.72 Å². The summed E-state index contributed by atoms with van der Waals surface area (Å²) in [4.78, 5) is 4.69. The molecule has 0 unspecified atom stereocenters. The summed E-state index contributed by atoms with van der Waals surface area (Å²) in [6, 6.07) is 18.8. The number of hydrogen-bond donors (Lipinski definition) is 1. The smallest absolute Gasteiger partial charge is 0.0963 e. The van der Waals surface area contributed by atoms with Gasteiger partial charge >= 0.3 is 0 Å². The van der Waals surface area contributed by atoms with Gasteiger partial charge in [-0.3, -0.25) is 0 Å². The van der Waals surface area contributed by atoms with Crippen molar-refractivity contribution in [1.29, 1.82) is 0 Å². The monoisotopic (exact) mass is 375 g/mol. The fraction of sp³-hybridized carbons (Fsp3) is 0.261. The first kappa shape index (κ1) is 18.5. The maximum Gasteiger partial charge on any atom is 0.0963 e. The number of aryl methyl sites for hydroxylation is 1. The van der Waals surface area contributed by atoms with Crippen LogP contribution in [0.3, 0.4) is 0 Å². The first-order valence-corrected chi connectivity index (χ1v) is 9.58. The van der Waals surface area contributed by atoms with E-state index in [0.29, 0.717) is 6.54 Å². The number of nitrogens with zero attached hydrogens (tertiary/aromatic N) is 3. The molecule has 2 aromatic heterocycles. The van der Waals surface area contributed by atoms with Crippen LogP contribution in [0.1, 0.15) is 6.92 Å². The van der Waals surface area contributed by atoms with Crippen LogP contribution in [0.2, 0.25) is 0 Å². The molecule has 4 aromatic rings. The fourth-order valence-electron chi connectivity index (χ4n) is 3.71. The van der Waals surface area contributed by atoms with Gasteiger partial charge in [-0.15, -0.1) is 0 Å². The van der Waals surface area contributed by atoms with Crippen LogP contribution < -0.4 is 0 Å². The highest BCUT2D eigenvalue weighted by Crippen LogP contribution is 2.33. The minimum absolute atomic E-state index is 0.288. The molecule has 2 aromatic carbocycles. The maximum absolute atomic E-state index is 10.3. The first-order valence-electron chi connectivity index (χ1n) is 9.58. The lowest BCUT2D eigenvalue weighted by molar-refractivity contribution is 0.0539. The lowest BCUT2D eigenvalue weighted by atomic mass is 10.0. The molecule has 2 heterocycles. The van der Waals surface area contributed by atoms with Crippen molar-refractivity contribution in [3.05, 3.63) is 67.1 Å². The summed E-state index contributed by atoms with van der Waals surface area (Å²) in [6.07, 6.45) is 3.33. The number of aromatic nitrogens is 3. The molecule has 5 heteroatoms. The molecule has 144 valence electrons. The zero-order valence-corrected chi connectivity index (χ0v) is 16.2. The van der Waals surface area contributed by atoms with E-state index >= 15 is 0 Å². The van der Waals surface area contributed by atoms with Crippen molar-refractivity contribution >= 4 is 10.9 Å². The summed E-state index contributed by atoms with van der Waals surface area (Å²) in [7, 11) is 1.60. The van der Waals surface area contributed by atoms with Crippen LogP contribution >= 0.6 is 0 Å². The van der Waals surface area contributed by atoms with Gasteiger partial charge in [0.15, 0.2) is 0 Å². The predicted octanol–water partition coefficient (Wildman–Crippen LogP) is 4.20. The first-order chi connectivity index (χ1) is 13.7. The van der Waals surface area contributed by atoms with Gasteiger partial charge in [-0.25, -0.2) is 4.98 Å². The molecule has 0 radical (unpaired) electrons. The second kappa shape index (κ2) is 8.00. The summed E-state index contributed by atoms with van der Waals surface area (Å²) in [5, 5.41) is 11.5. The molecule has 28 heavy (non-hydrogen) atoms. The van der Waals surface area contributed by atoms with Crippen molar-refractivity contribution in [3.63, 3.8) is 0 Å². The normalized spacial score (nSPS) is 12.5.